The van der Waals surface area contributed by atoms with Crippen LogP contribution in [0.1, 0.15) is 37.8 Å². The number of rotatable bonds is 2. The maximum absolute atomic E-state index is 13.2. The molecule has 2 aliphatic rings. The van der Waals surface area contributed by atoms with E-state index in [9.17, 15) is 14.0 Å². The van der Waals surface area contributed by atoms with Gasteiger partial charge in [-0.15, -0.1) is 0 Å². The summed E-state index contributed by atoms with van der Waals surface area (Å²) in [4.78, 5) is 28.5. The summed E-state index contributed by atoms with van der Waals surface area (Å²) in [5, 5.41) is 0. The van der Waals surface area contributed by atoms with Gasteiger partial charge in [-0.25, -0.2) is 4.39 Å². The van der Waals surface area contributed by atoms with Crippen molar-refractivity contribution in [3.8, 4) is 0 Å². The van der Waals surface area contributed by atoms with Crippen LogP contribution >= 0.6 is 0 Å². The van der Waals surface area contributed by atoms with E-state index in [-0.39, 0.29) is 30.3 Å². The third-order valence-electron chi connectivity index (χ3n) is 5.02. The van der Waals surface area contributed by atoms with Gasteiger partial charge in [-0.3, -0.25) is 9.59 Å². The number of carbonyl (C=O) groups excluding carboxylic acids is 2. The van der Waals surface area contributed by atoms with Gasteiger partial charge in [0.2, 0.25) is 5.91 Å². The molecule has 2 saturated heterocycles. The maximum Gasteiger partial charge on any atom is 0.254 e. The number of amides is 2. The molecule has 2 aliphatic heterocycles. The van der Waals surface area contributed by atoms with E-state index in [1.165, 1.54) is 17.0 Å². The minimum absolute atomic E-state index is 0.0872. The molecule has 24 heavy (non-hydrogen) atoms. The highest BCUT2D eigenvalue weighted by atomic mass is 19.1. The number of ether oxygens (including phenoxy) is 1. The van der Waals surface area contributed by atoms with Crippen LogP contribution in [0, 0.1) is 5.82 Å². The molecule has 5 nitrogen and oxygen atoms in total. The SMILES string of the molecule is C[C@@H]1CCCCN1C(=O)[C@@H]1OCC(=O)N(C)[C@H]1c1ccc(F)cc1. The monoisotopic (exact) mass is 334 g/mol. The number of nitrogens with zero attached hydrogens (tertiary/aromatic N) is 2. The van der Waals surface area contributed by atoms with Gasteiger partial charge in [-0.2, -0.15) is 0 Å². The number of likely N-dealkylation sites (N-methyl/N-ethyl adjacent to an activating group) is 1. The zero-order chi connectivity index (χ0) is 17.3. The molecule has 0 aliphatic carbocycles. The second-order valence-corrected chi connectivity index (χ2v) is 6.61. The largest absolute Gasteiger partial charge is 0.356 e. The average molecular weight is 334 g/mol. The number of likely N-dealkylation sites (tertiary alicyclic amines) is 1. The number of halogens is 1. The Labute approximate surface area is 141 Å². The fraction of sp³-hybridized carbons (Fsp3) is 0.556. The summed E-state index contributed by atoms with van der Waals surface area (Å²) in [5.41, 5.74) is 0.704. The first-order valence-corrected chi connectivity index (χ1v) is 8.42. The number of piperidine rings is 1. The molecule has 0 bridgehead atoms. The molecule has 6 heteroatoms. The molecule has 0 unspecified atom stereocenters. The van der Waals surface area contributed by atoms with E-state index in [1.54, 1.807) is 19.2 Å². The Balaban J connectivity index is 1.89. The maximum atomic E-state index is 13.2. The van der Waals surface area contributed by atoms with Crippen LogP contribution in [-0.4, -0.2) is 54.0 Å². The van der Waals surface area contributed by atoms with Gasteiger partial charge < -0.3 is 14.5 Å². The Hall–Kier alpha value is -1.95. The molecular formula is C18H23FN2O3. The summed E-state index contributed by atoms with van der Waals surface area (Å²) in [6, 6.07) is 5.54. The van der Waals surface area contributed by atoms with Crippen molar-refractivity contribution < 1.29 is 18.7 Å². The minimum Gasteiger partial charge on any atom is -0.356 e. The number of benzene rings is 1. The summed E-state index contributed by atoms with van der Waals surface area (Å²) in [7, 11) is 1.67. The molecule has 3 atom stereocenters. The van der Waals surface area contributed by atoms with E-state index in [0.717, 1.165) is 19.3 Å². The van der Waals surface area contributed by atoms with Crippen molar-refractivity contribution in [2.24, 2.45) is 0 Å². The predicted molar refractivity (Wildman–Crippen MR) is 86.7 cm³/mol. The molecule has 0 aromatic heterocycles. The molecule has 3 rings (SSSR count). The van der Waals surface area contributed by atoms with Crippen LogP contribution in [0.15, 0.2) is 24.3 Å². The first-order chi connectivity index (χ1) is 11.5. The molecule has 2 fully saturated rings. The molecule has 0 spiro atoms. The lowest BCUT2D eigenvalue weighted by Gasteiger charge is -2.42. The summed E-state index contributed by atoms with van der Waals surface area (Å²) in [6.45, 7) is 2.65. The summed E-state index contributed by atoms with van der Waals surface area (Å²) < 4.78 is 18.9. The van der Waals surface area contributed by atoms with E-state index in [0.29, 0.717) is 12.1 Å². The topological polar surface area (TPSA) is 49.9 Å². The highest BCUT2D eigenvalue weighted by molar-refractivity contribution is 5.86. The number of hydrogen-bond acceptors (Lipinski definition) is 3. The molecule has 1 aromatic rings. The van der Waals surface area contributed by atoms with Gasteiger partial charge in [0.05, 0.1) is 6.04 Å². The average Bonchev–Trinajstić information content (AvgIpc) is 2.58. The lowest BCUT2D eigenvalue weighted by atomic mass is 9.95. The third-order valence-corrected chi connectivity index (χ3v) is 5.02. The van der Waals surface area contributed by atoms with Gasteiger partial charge in [0.25, 0.3) is 5.91 Å². The second kappa shape index (κ2) is 6.89. The summed E-state index contributed by atoms with van der Waals surface area (Å²) in [6.07, 6.45) is 2.34. The molecule has 1 aromatic carbocycles. The fourth-order valence-electron chi connectivity index (χ4n) is 3.57. The van der Waals surface area contributed by atoms with Gasteiger partial charge in [0, 0.05) is 19.6 Å². The van der Waals surface area contributed by atoms with Gasteiger partial charge >= 0.3 is 0 Å². The third kappa shape index (κ3) is 3.15. The van der Waals surface area contributed by atoms with E-state index < -0.39 is 12.1 Å². The van der Waals surface area contributed by atoms with Crippen molar-refractivity contribution in [2.45, 2.75) is 44.4 Å². The molecule has 0 radical (unpaired) electrons. The molecule has 0 N–H and O–H groups in total. The van der Waals surface area contributed by atoms with Crippen molar-refractivity contribution in [1.82, 2.24) is 9.80 Å². The van der Waals surface area contributed by atoms with Crippen LogP contribution in [0.2, 0.25) is 0 Å². The predicted octanol–water partition coefficient (Wildman–Crippen LogP) is 2.12. The van der Waals surface area contributed by atoms with Gasteiger partial charge in [0.15, 0.2) is 6.10 Å². The van der Waals surface area contributed by atoms with Gasteiger partial charge in [-0.05, 0) is 43.9 Å². The van der Waals surface area contributed by atoms with Crippen LogP contribution < -0.4 is 0 Å². The van der Waals surface area contributed by atoms with Gasteiger partial charge in [-0.1, -0.05) is 12.1 Å². The first kappa shape index (κ1) is 16.9. The smallest absolute Gasteiger partial charge is 0.254 e. The minimum atomic E-state index is -0.751. The Morgan fingerprint density at radius 2 is 1.96 bits per heavy atom. The van der Waals surface area contributed by atoms with Crippen LogP contribution in [0.3, 0.4) is 0 Å². The number of carbonyl (C=O) groups is 2. The number of hydrogen-bond donors (Lipinski definition) is 0. The van der Waals surface area contributed by atoms with Crippen LogP contribution in [0.5, 0.6) is 0 Å². The highest BCUT2D eigenvalue weighted by Crippen LogP contribution is 2.31. The van der Waals surface area contributed by atoms with Crippen molar-refractivity contribution in [3.63, 3.8) is 0 Å². The van der Waals surface area contributed by atoms with Crippen LogP contribution in [-0.2, 0) is 14.3 Å². The Bertz CT molecular complexity index is 619. The lowest BCUT2D eigenvalue weighted by Crippen LogP contribution is -2.56. The van der Waals surface area contributed by atoms with E-state index >= 15 is 0 Å². The molecular weight excluding hydrogens is 311 g/mol. The van der Waals surface area contributed by atoms with E-state index in [2.05, 4.69) is 0 Å². The van der Waals surface area contributed by atoms with Crippen LogP contribution in [0.4, 0.5) is 4.39 Å². The van der Waals surface area contributed by atoms with E-state index in [1.807, 2.05) is 11.8 Å². The van der Waals surface area contributed by atoms with Crippen molar-refractivity contribution in [1.29, 1.82) is 0 Å². The summed E-state index contributed by atoms with van der Waals surface area (Å²) in [5.74, 6) is -0.618. The lowest BCUT2D eigenvalue weighted by molar-refractivity contribution is -0.169. The highest BCUT2D eigenvalue weighted by Gasteiger charge is 2.42. The summed E-state index contributed by atoms with van der Waals surface area (Å²) >= 11 is 0. The second-order valence-electron chi connectivity index (χ2n) is 6.61. The van der Waals surface area contributed by atoms with Crippen molar-refractivity contribution in [2.75, 3.05) is 20.2 Å². The molecule has 2 amide bonds. The fourth-order valence-corrected chi connectivity index (χ4v) is 3.57. The Morgan fingerprint density at radius 3 is 2.62 bits per heavy atom. The molecule has 130 valence electrons. The van der Waals surface area contributed by atoms with Crippen molar-refractivity contribution >= 4 is 11.8 Å². The van der Waals surface area contributed by atoms with E-state index in [4.69, 9.17) is 4.74 Å². The van der Waals surface area contributed by atoms with Crippen molar-refractivity contribution in [3.05, 3.63) is 35.6 Å². The standard InChI is InChI=1S/C18H23FN2O3/c1-12-5-3-4-10-21(12)18(23)17-16(20(2)15(22)11-24-17)13-6-8-14(19)9-7-13/h6-9,12,16-17H,3-5,10-11H2,1-2H3/t12-,16+,17-/m1/s1. The quantitative estimate of drug-likeness (QED) is 0.832. The Morgan fingerprint density at radius 1 is 1.25 bits per heavy atom. The first-order valence-electron chi connectivity index (χ1n) is 8.42. The normalized spacial score (nSPS) is 28.1. The number of morpholine rings is 1. The van der Waals surface area contributed by atoms with Crippen LogP contribution in [0.25, 0.3) is 0 Å². The molecule has 0 saturated carbocycles. The zero-order valence-electron chi connectivity index (χ0n) is 14.1. The van der Waals surface area contributed by atoms with Gasteiger partial charge in [0.1, 0.15) is 12.4 Å². The Kier molecular flexibility index (Phi) is 4.85. The molecule has 2 heterocycles. The zero-order valence-corrected chi connectivity index (χ0v) is 14.1.